The Balaban J connectivity index is 1.21. The lowest BCUT2D eigenvalue weighted by atomic mass is 10.0. The number of piperidine rings is 1. The zero-order valence-corrected chi connectivity index (χ0v) is 17.2. The van der Waals surface area contributed by atoms with Crippen molar-refractivity contribution in [3.05, 3.63) is 54.1 Å². The minimum atomic E-state index is -0.163. The topological polar surface area (TPSA) is 64.6 Å². The maximum atomic E-state index is 13.9. The summed E-state index contributed by atoms with van der Waals surface area (Å²) in [6.07, 6.45) is 5.48. The molecule has 0 saturated carbocycles. The van der Waals surface area contributed by atoms with Crippen molar-refractivity contribution in [3.63, 3.8) is 0 Å². The fourth-order valence-corrected chi connectivity index (χ4v) is 4.22. The van der Waals surface area contributed by atoms with Crippen LogP contribution in [0.1, 0.15) is 18.4 Å². The summed E-state index contributed by atoms with van der Waals surface area (Å²) in [5, 5.41) is 3.19. The molecule has 7 nitrogen and oxygen atoms in total. The van der Waals surface area contributed by atoms with E-state index in [0.717, 1.165) is 58.1 Å². The first kappa shape index (κ1) is 20.7. The monoisotopic (exact) mass is 412 g/mol. The molecule has 0 aliphatic carbocycles. The number of nitrogens with one attached hydrogen (secondary N) is 1. The smallest absolute Gasteiger partial charge is 0.234 e. The fourth-order valence-electron chi connectivity index (χ4n) is 4.22. The van der Waals surface area contributed by atoms with E-state index >= 15 is 0 Å². The van der Waals surface area contributed by atoms with Gasteiger partial charge in [0.05, 0.1) is 6.54 Å². The summed E-state index contributed by atoms with van der Waals surface area (Å²) in [4.78, 5) is 27.7. The molecule has 2 aliphatic rings. The molecule has 0 bridgehead atoms. The fraction of sp³-hybridized carbons (Fsp3) is 0.500. The van der Waals surface area contributed by atoms with E-state index in [4.69, 9.17) is 0 Å². The summed E-state index contributed by atoms with van der Waals surface area (Å²) in [6, 6.07) is 8.85. The molecule has 30 heavy (non-hydrogen) atoms. The highest BCUT2D eigenvalue weighted by Crippen LogP contribution is 2.16. The van der Waals surface area contributed by atoms with Crippen molar-refractivity contribution >= 4 is 11.9 Å². The normalized spacial score (nSPS) is 20.8. The Morgan fingerprint density at radius 3 is 2.57 bits per heavy atom. The second-order valence-corrected chi connectivity index (χ2v) is 8.05. The summed E-state index contributed by atoms with van der Waals surface area (Å²) in [5.41, 5.74) is 0.713. The van der Waals surface area contributed by atoms with Crippen LogP contribution in [0.4, 0.5) is 10.3 Å². The lowest BCUT2D eigenvalue weighted by Gasteiger charge is -2.36. The van der Waals surface area contributed by atoms with Gasteiger partial charge in [-0.1, -0.05) is 18.2 Å². The van der Waals surface area contributed by atoms with Crippen LogP contribution in [0, 0.1) is 5.82 Å². The molecule has 1 unspecified atom stereocenters. The van der Waals surface area contributed by atoms with Crippen molar-refractivity contribution in [1.82, 2.24) is 25.1 Å². The quantitative estimate of drug-likeness (QED) is 0.776. The summed E-state index contributed by atoms with van der Waals surface area (Å²) < 4.78 is 13.9. The Hall–Kier alpha value is -2.58. The van der Waals surface area contributed by atoms with E-state index in [1.54, 1.807) is 18.5 Å². The number of benzene rings is 1. The van der Waals surface area contributed by atoms with Crippen LogP contribution in [-0.4, -0.2) is 77.5 Å². The molecule has 0 radical (unpaired) electrons. The minimum Gasteiger partial charge on any atom is -0.351 e. The van der Waals surface area contributed by atoms with Gasteiger partial charge in [0.1, 0.15) is 5.82 Å². The molecule has 1 atom stereocenters. The number of nitrogens with zero attached hydrogens (tertiary/aromatic N) is 5. The number of piperazine rings is 1. The van der Waals surface area contributed by atoms with Crippen LogP contribution in [0.25, 0.3) is 0 Å². The zero-order chi connectivity index (χ0) is 20.8. The number of rotatable bonds is 6. The van der Waals surface area contributed by atoms with Crippen LogP contribution in [0.2, 0.25) is 0 Å². The van der Waals surface area contributed by atoms with Crippen molar-refractivity contribution in [2.45, 2.75) is 25.4 Å². The maximum absolute atomic E-state index is 13.9. The molecule has 2 aromatic rings. The molecule has 1 aromatic heterocycles. The van der Waals surface area contributed by atoms with E-state index in [1.165, 1.54) is 6.07 Å². The van der Waals surface area contributed by atoms with E-state index in [9.17, 15) is 9.18 Å². The van der Waals surface area contributed by atoms with Gasteiger partial charge in [-0.3, -0.25) is 14.6 Å². The molecule has 1 aromatic carbocycles. The Kier molecular flexibility index (Phi) is 6.86. The number of hydrogen-bond donors (Lipinski definition) is 1. The van der Waals surface area contributed by atoms with Gasteiger partial charge in [-0.25, -0.2) is 14.4 Å². The number of aromatic nitrogens is 2. The summed E-state index contributed by atoms with van der Waals surface area (Å²) in [6.45, 7) is 5.96. The van der Waals surface area contributed by atoms with Gasteiger partial charge in [-0.15, -0.1) is 0 Å². The lowest BCUT2D eigenvalue weighted by Crippen LogP contribution is -2.53. The predicted molar refractivity (Wildman–Crippen MR) is 114 cm³/mol. The van der Waals surface area contributed by atoms with Gasteiger partial charge in [-0.05, 0) is 31.5 Å². The molecule has 0 spiro atoms. The number of amides is 1. The molecule has 2 saturated heterocycles. The van der Waals surface area contributed by atoms with Crippen molar-refractivity contribution in [2.24, 2.45) is 0 Å². The third-order valence-electron chi connectivity index (χ3n) is 5.80. The largest absolute Gasteiger partial charge is 0.351 e. The number of halogens is 1. The number of hydrogen-bond acceptors (Lipinski definition) is 6. The van der Waals surface area contributed by atoms with Crippen LogP contribution < -0.4 is 10.2 Å². The zero-order valence-electron chi connectivity index (χ0n) is 17.2. The van der Waals surface area contributed by atoms with Crippen LogP contribution >= 0.6 is 0 Å². The number of likely N-dealkylation sites (tertiary alicyclic amines) is 1. The molecule has 1 amide bonds. The average Bonchev–Trinajstić information content (AvgIpc) is 2.77. The highest BCUT2D eigenvalue weighted by atomic mass is 19.1. The molecule has 4 rings (SSSR count). The molecular weight excluding hydrogens is 383 g/mol. The SMILES string of the molecule is O=C(CN1CCN(c2ncccn2)CC1)NC1CCCN(Cc2ccccc2F)C1. The van der Waals surface area contributed by atoms with Crippen molar-refractivity contribution in [1.29, 1.82) is 0 Å². The first-order valence-corrected chi connectivity index (χ1v) is 10.7. The second kappa shape index (κ2) is 9.95. The molecule has 2 fully saturated rings. The number of carbonyl (C=O) groups is 1. The van der Waals surface area contributed by atoms with Crippen LogP contribution in [0.3, 0.4) is 0 Å². The molecule has 8 heteroatoms. The minimum absolute atomic E-state index is 0.0668. The predicted octanol–water partition coefficient (Wildman–Crippen LogP) is 1.52. The molecular formula is C22H29FN6O. The maximum Gasteiger partial charge on any atom is 0.234 e. The van der Waals surface area contributed by atoms with Gasteiger partial charge in [0.15, 0.2) is 0 Å². The van der Waals surface area contributed by atoms with Crippen molar-refractivity contribution in [3.8, 4) is 0 Å². The molecule has 3 heterocycles. The first-order valence-electron chi connectivity index (χ1n) is 10.7. The summed E-state index contributed by atoms with van der Waals surface area (Å²) in [7, 11) is 0. The first-order chi connectivity index (χ1) is 14.7. The van der Waals surface area contributed by atoms with E-state index in [0.29, 0.717) is 18.7 Å². The van der Waals surface area contributed by atoms with Gasteiger partial charge in [-0.2, -0.15) is 0 Å². The van der Waals surface area contributed by atoms with E-state index in [2.05, 4.69) is 30.0 Å². The Morgan fingerprint density at radius 1 is 1.03 bits per heavy atom. The van der Waals surface area contributed by atoms with Gasteiger partial charge < -0.3 is 10.2 Å². The molecule has 2 aliphatic heterocycles. The third-order valence-corrected chi connectivity index (χ3v) is 5.80. The van der Waals surface area contributed by atoms with E-state index in [-0.39, 0.29) is 17.8 Å². The third kappa shape index (κ3) is 5.52. The van der Waals surface area contributed by atoms with Gasteiger partial charge in [0, 0.05) is 63.3 Å². The van der Waals surface area contributed by atoms with Gasteiger partial charge in [0.2, 0.25) is 11.9 Å². The van der Waals surface area contributed by atoms with Crippen LogP contribution in [0.5, 0.6) is 0 Å². The number of carbonyl (C=O) groups excluding carboxylic acids is 1. The summed E-state index contributed by atoms with van der Waals surface area (Å²) >= 11 is 0. The van der Waals surface area contributed by atoms with Crippen LogP contribution in [-0.2, 0) is 11.3 Å². The molecule has 1 N–H and O–H groups in total. The lowest BCUT2D eigenvalue weighted by molar-refractivity contribution is -0.123. The van der Waals surface area contributed by atoms with Crippen LogP contribution in [0.15, 0.2) is 42.7 Å². The Morgan fingerprint density at radius 2 is 1.80 bits per heavy atom. The van der Waals surface area contributed by atoms with Gasteiger partial charge >= 0.3 is 0 Å². The van der Waals surface area contributed by atoms with Crippen molar-refractivity contribution < 1.29 is 9.18 Å². The second-order valence-electron chi connectivity index (χ2n) is 8.05. The Labute approximate surface area is 176 Å². The standard InChI is InChI=1S/C22H29FN6O/c23-20-7-2-1-5-18(20)15-28-10-3-6-19(16-28)26-21(30)17-27-11-13-29(14-12-27)22-24-8-4-9-25-22/h1-2,4-5,7-9,19H,3,6,10-17H2,(H,26,30). The summed E-state index contributed by atoms with van der Waals surface area (Å²) in [5.74, 6) is 0.652. The van der Waals surface area contributed by atoms with E-state index in [1.807, 2.05) is 18.2 Å². The highest BCUT2D eigenvalue weighted by Gasteiger charge is 2.24. The van der Waals surface area contributed by atoms with E-state index < -0.39 is 0 Å². The average molecular weight is 413 g/mol. The van der Waals surface area contributed by atoms with Crippen molar-refractivity contribution in [2.75, 3.05) is 50.7 Å². The number of anilines is 1. The Bertz CT molecular complexity index is 827. The molecule has 160 valence electrons. The van der Waals surface area contributed by atoms with Gasteiger partial charge in [0.25, 0.3) is 0 Å². The highest BCUT2D eigenvalue weighted by molar-refractivity contribution is 5.78.